The Morgan fingerprint density at radius 2 is 1.06 bits per heavy atom. The zero-order valence-electron chi connectivity index (χ0n) is 19.6. The van der Waals surface area contributed by atoms with Crippen LogP contribution in [0.4, 0.5) is 0 Å². The summed E-state index contributed by atoms with van der Waals surface area (Å²) in [6, 6.07) is 8.80. The van der Waals surface area contributed by atoms with Crippen LogP contribution in [0.25, 0.3) is 0 Å². The van der Waals surface area contributed by atoms with Crippen LogP contribution in [-0.4, -0.2) is 111 Å². The Balaban J connectivity index is 0.000000677. The van der Waals surface area contributed by atoms with Crippen LogP contribution in [0.3, 0.4) is 0 Å². The minimum atomic E-state index is -1.38. The van der Waals surface area contributed by atoms with Crippen molar-refractivity contribution in [1.29, 1.82) is 0 Å². The molecular formula is C23H40N2O7. The lowest BCUT2D eigenvalue weighted by Gasteiger charge is -2.30. The number of aliphatic carboxylic acids is 1. The van der Waals surface area contributed by atoms with Crippen LogP contribution in [0.5, 0.6) is 0 Å². The standard InChI is InChI=1S/C14H32N2O4.C9H8O3/c1-11(17)7-15(8-12(2)18)5-6-16(9-13(3)19)10-14(4)20;10-8(9(11)12)6-7-4-2-1-3-5-7/h11-14,17-20H,5-10H2,1-4H3;1-5H,6H2,(H,11,12). The Bertz CT molecular complexity index is 592. The van der Waals surface area contributed by atoms with Gasteiger partial charge in [-0.25, -0.2) is 4.79 Å². The molecule has 0 aromatic heterocycles. The molecule has 0 aliphatic heterocycles. The van der Waals surface area contributed by atoms with Gasteiger partial charge in [0.2, 0.25) is 5.78 Å². The predicted molar refractivity (Wildman–Crippen MR) is 122 cm³/mol. The van der Waals surface area contributed by atoms with Crippen LogP contribution in [0, 0.1) is 0 Å². The summed E-state index contributed by atoms with van der Waals surface area (Å²) in [6.45, 7) is 10.2. The fraction of sp³-hybridized carbons (Fsp3) is 0.652. The topological polar surface area (TPSA) is 142 Å². The van der Waals surface area contributed by atoms with Crippen molar-refractivity contribution in [1.82, 2.24) is 9.80 Å². The van der Waals surface area contributed by atoms with Gasteiger partial charge in [-0.15, -0.1) is 0 Å². The number of Topliss-reactive ketones (excluding diaryl/α,β-unsaturated/α-hetero) is 1. The fourth-order valence-electron chi connectivity index (χ4n) is 3.15. The summed E-state index contributed by atoms with van der Waals surface area (Å²) in [5.74, 6) is -2.15. The number of hydrogen-bond acceptors (Lipinski definition) is 8. The Morgan fingerprint density at radius 1 is 0.719 bits per heavy atom. The van der Waals surface area contributed by atoms with Gasteiger partial charge in [-0.2, -0.15) is 0 Å². The molecular weight excluding hydrogens is 416 g/mol. The van der Waals surface area contributed by atoms with Crippen LogP contribution < -0.4 is 0 Å². The highest BCUT2D eigenvalue weighted by Crippen LogP contribution is 2.01. The first-order valence-corrected chi connectivity index (χ1v) is 10.9. The minimum Gasteiger partial charge on any atom is -0.475 e. The fourth-order valence-corrected chi connectivity index (χ4v) is 3.15. The summed E-state index contributed by atoms with van der Waals surface area (Å²) >= 11 is 0. The van der Waals surface area contributed by atoms with E-state index in [-0.39, 0.29) is 6.42 Å². The summed E-state index contributed by atoms with van der Waals surface area (Å²) in [5, 5.41) is 46.2. The van der Waals surface area contributed by atoms with Gasteiger partial charge in [0.25, 0.3) is 0 Å². The number of carbonyl (C=O) groups excluding carboxylic acids is 1. The van der Waals surface area contributed by atoms with Crippen LogP contribution in [0.15, 0.2) is 30.3 Å². The summed E-state index contributed by atoms with van der Waals surface area (Å²) in [7, 11) is 0. The van der Waals surface area contributed by atoms with E-state index in [1.807, 2.05) is 15.9 Å². The maximum absolute atomic E-state index is 10.7. The molecule has 0 aliphatic carbocycles. The number of carbonyl (C=O) groups is 2. The number of benzene rings is 1. The molecule has 0 amide bonds. The second kappa shape index (κ2) is 16.7. The molecule has 1 rings (SSSR count). The van der Waals surface area contributed by atoms with Gasteiger partial charge in [0, 0.05) is 45.7 Å². The number of carboxylic acid groups (broad SMARTS) is 1. The zero-order valence-corrected chi connectivity index (χ0v) is 19.6. The second-order valence-electron chi connectivity index (χ2n) is 8.31. The molecule has 0 spiro atoms. The van der Waals surface area contributed by atoms with Gasteiger partial charge in [-0.3, -0.25) is 14.6 Å². The molecule has 0 saturated heterocycles. The summed E-state index contributed by atoms with van der Waals surface area (Å²) < 4.78 is 0. The lowest BCUT2D eigenvalue weighted by atomic mass is 10.1. The summed E-state index contributed by atoms with van der Waals surface area (Å²) in [5.41, 5.74) is 0.727. The van der Waals surface area contributed by atoms with Gasteiger partial charge in [0.05, 0.1) is 24.4 Å². The summed E-state index contributed by atoms with van der Waals surface area (Å²) in [4.78, 5) is 24.9. The zero-order chi connectivity index (χ0) is 24.7. The van der Waals surface area contributed by atoms with Gasteiger partial charge >= 0.3 is 5.97 Å². The first-order valence-electron chi connectivity index (χ1n) is 10.9. The molecule has 1 aromatic rings. The molecule has 1 aromatic carbocycles. The van der Waals surface area contributed by atoms with Crippen molar-refractivity contribution < 1.29 is 35.1 Å². The van der Waals surface area contributed by atoms with E-state index in [1.54, 1.807) is 52.0 Å². The van der Waals surface area contributed by atoms with Crippen molar-refractivity contribution in [3.05, 3.63) is 35.9 Å². The molecule has 0 heterocycles. The Morgan fingerprint density at radius 3 is 1.34 bits per heavy atom. The summed E-state index contributed by atoms with van der Waals surface area (Å²) in [6.07, 6.45) is -1.83. The molecule has 4 atom stereocenters. The van der Waals surface area contributed by atoms with Crippen LogP contribution in [-0.2, 0) is 16.0 Å². The van der Waals surface area contributed by atoms with Crippen LogP contribution >= 0.6 is 0 Å². The normalized spacial score (nSPS) is 14.9. The maximum Gasteiger partial charge on any atom is 0.372 e. The second-order valence-corrected chi connectivity index (χ2v) is 8.31. The van der Waals surface area contributed by atoms with Gasteiger partial charge in [0.15, 0.2) is 0 Å². The van der Waals surface area contributed by atoms with E-state index in [1.165, 1.54) is 0 Å². The smallest absolute Gasteiger partial charge is 0.372 e. The van der Waals surface area contributed by atoms with Crippen LogP contribution in [0.1, 0.15) is 33.3 Å². The number of carboxylic acids is 1. The number of ketones is 1. The van der Waals surface area contributed by atoms with E-state index in [9.17, 15) is 30.0 Å². The molecule has 0 radical (unpaired) electrons. The van der Waals surface area contributed by atoms with Crippen LogP contribution in [0.2, 0.25) is 0 Å². The molecule has 0 fully saturated rings. The molecule has 32 heavy (non-hydrogen) atoms. The molecule has 184 valence electrons. The predicted octanol–water partition coefficient (Wildman–Crippen LogP) is -0.00360. The molecule has 9 heteroatoms. The van der Waals surface area contributed by atoms with E-state index >= 15 is 0 Å². The van der Waals surface area contributed by atoms with Gasteiger partial charge in [-0.05, 0) is 33.3 Å². The first-order chi connectivity index (χ1) is 14.9. The number of aliphatic hydroxyl groups excluding tert-OH is 4. The highest BCUT2D eigenvalue weighted by atomic mass is 16.4. The highest BCUT2D eigenvalue weighted by Gasteiger charge is 2.15. The van der Waals surface area contributed by atoms with Crippen molar-refractivity contribution >= 4 is 11.8 Å². The number of hydrogen-bond donors (Lipinski definition) is 5. The molecule has 4 unspecified atom stereocenters. The molecule has 5 N–H and O–H groups in total. The third-order valence-corrected chi connectivity index (χ3v) is 4.27. The SMILES string of the molecule is CC(O)CN(CCN(CC(C)O)CC(C)O)CC(C)O.O=C(O)C(=O)Cc1ccccc1. The van der Waals surface area contributed by atoms with E-state index in [4.69, 9.17) is 5.11 Å². The Hall–Kier alpha value is -1.88. The van der Waals surface area contributed by atoms with E-state index in [2.05, 4.69) is 0 Å². The maximum atomic E-state index is 10.7. The minimum absolute atomic E-state index is 0.0316. The van der Waals surface area contributed by atoms with Gasteiger partial charge in [-0.1, -0.05) is 30.3 Å². The third kappa shape index (κ3) is 16.8. The number of aliphatic hydroxyl groups is 4. The van der Waals surface area contributed by atoms with E-state index in [0.717, 1.165) is 5.56 Å². The van der Waals surface area contributed by atoms with Crippen molar-refractivity contribution in [3.8, 4) is 0 Å². The Kier molecular flexibility index (Phi) is 15.7. The molecule has 0 bridgehead atoms. The molecule has 0 saturated carbocycles. The van der Waals surface area contributed by atoms with Crippen molar-refractivity contribution in [2.24, 2.45) is 0 Å². The van der Waals surface area contributed by atoms with Crippen molar-refractivity contribution in [3.63, 3.8) is 0 Å². The van der Waals surface area contributed by atoms with E-state index < -0.39 is 36.2 Å². The van der Waals surface area contributed by atoms with E-state index in [0.29, 0.717) is 39.3 Å². The lowest BCUT2D eigenvalue weighted by molar-refractivity contribution is -0.148. The van der Waals surface area contributed by atoms with Gasteiger partial charge in [0.1, 0.15) is 0 Å². The molecule has 9 nitrogen and oxygen atoms in total. The monoisotopic (exact) mass is 456 g/mol. The first kappa shape index (κ1) is 30.1. The number of nitrogens with zero attached hydrogens (tertiary/aromatic N) is 2. The average molecular weight is 457 g/mol. The Labute approximate surface area is 190 Å². The molecule has 0 aliphatic rings. The number of rotatable bonds is 14. The largest absolute Gasteiger partial charge is 0.475 e. The average Bonchev–Trinajstić information content (AvgIpc) is 2.65. The van der Waals surface area contributed by atoms with Crippen molar-refractivity contribution in [2.75, 3.05) is 39.3 Å². The highest BCUT2D eigenvalue weighted by molar-refractivity contribution is 6.33. The van der Waals surface area contributed by atoms with Gasteiger partial charge < -0.3 is 25.5 Å². The van der Waals surface area contributed by atoms with Crippen molar-refractivity contribution in [2.45, 2.75) is 58.5 Å². The third-order valence-electron chi connectivity index (χ3n) is 4.27. The quantitative estimate of drug-likeness (QED) is 0.244. The lowest BCUT2D eigenvalue weighted by Crippen LogP contribution is -2.44.